The Hall–Kier alpha value is -0.156. The van der Waals surface area contributed by atoms with Crippen LogP contribution in [0.15, 0.2) is 10.2 Å². The van der Waals surface area contributed by atoms with Crippen LogP contribution in [0.4, 0.5) is 5.82 Å². The molecule has 1 rings (SSSR count). The fourth-order valence-corrected chi connectivity index (χ4v) is 0.436. The molecule has 0 saturated heterocycles. The fraction of sp³-hybridized carbons (Fsp3) is 0.500. The predicted octanol–water partition coefficient (Wildman–Crippen LogP) is 0.326. The average Bonchev–Trinajstić information content (AvgIpc) is 2.17. The molecule has 0 unspecified atom stereocenters. The van der Waals surface area contributed by atoms with E-state index in [1.165, 1.54) is 4.68 Å². The third-order valence-corrected chi connectivity index (χ3v) is 0.730. The van der Waals surface area contributed by atoms with Gasteiger partial charge in [0.15, 0.2) is 0 Å². The van der Waals surface area contributed by atoms with Gasteiger partial charge in [0.2, 0.25) is 0 Å². The van der Waals surface area contributed by atoms with Crippen molar-refractivity contribution in [1.82, 2.24) is 15.0 Å². The Morgan fingerprint density at radius 3 is 2.70 bits per heavy atom. The zero-order chi connectivity index (χ0) is 6.69. The summed E-state index contributed by atoms with van der Waals surface area (Å²) < 4.78 is 1.45. The minimum Gasteiger partial charge on any atom is -0.427 e. The third-order valence-electron chi connectivity index (χ3n) is 0.730. The zero-order valence-electron chi connectivity index (χ0n) is 5.81. The Bertz CT molecular complexity index is 217. The van der Waals surface area contributed by atoms with Crippen LogP contribution in [-0.4, -0.2) is 22.0 Å². The smallest absolute Gasteiger partial charge is 0.0491 e. The van der Waals surface area contributed by atoms with Gasteiger partial charge in [0.1, 0.15) is 0 Å². The first-order valence-corrected chi connectivity index (χ1v) is 2.42. The molecule has 1 aromatic rings. The van der Waals surface area contributed by atoms with Crippen molar-refractivity contribution in [3.8, 4) is 0 Å². The van der Waals surface area contributed by atoms with E-state index in [9.17, 15) is 0 Å². The largest absolute Gasteiger partial charge is 0.427 e. The summed E-state index contributed by atoms with van der Waals surface area (Å²) in [5.74, 6) is 0.417. The fourth-order valence-electron chi connectivity index (χ4n) is 0.436. The minimum absolute atomic E-state index is 0. The minimum atomic E-state index is 0. The van der Waals surface area contributed by atoms with Crippen molar-refractivity contribution < 1.29 is 32.7 Å². The van der Waals surface area contributed by atoms with E-state index in [1.54, 1.807) is 14.1 Å². The Morgan fingerprint density at radius 1 is 1.60 bits per heavy atom. The first-order chi connectivity index (χ1) is 4.33. The first-order valence-electron chi connectivity index (χ1n) is 2.42. The summed E-state index contributed by atoms with van der Waals surface area (Å²) in [6.07, 6.45) is 2.71. The van der Waals surface area contributed by atoms with Crippen LogP contribution in [0.1, 0.15) is 0 Å². The molecule has 1 aromatic heterocycles. The number of aromatic nitrogens is 3. The van der Waals surface area contributed by atoms with E-state index in [1.807, 2.05) is 0 Å². The molecule has 0 spiro atoms. The maximum Gasteiger partial charge on any atom is 0.0491 e. The van der Waals surface area contributed by atoms with Crippen LogP contribution < -0.4 is 0 Å². The van der Waals surface area contributed by atoms with Crippen molar-refractivity contribution >= 4 is 5.82 Å². The second-order valence-electron chi connectivity index (χ2n) is 1.45. The van der Waals surface area contributed by atoms with Crippen LogP contribution in [-0.2, 0) is 39.8 Å². The Labute approximate surface area is 83.8 Å². The molecule has 1 heterocycles. The summed E-state index contributed by atoms with van der Waals surface area (Å²) in [5.41, 5.74) is 0. The molecular formula is C4H6N5Y-. The Morgan fingerprint density at radius 2 is 2.30 bits per heavy atom. The Balaban J connectivity index is 0.000000810. The monoisotopic (exact) mass is 213 g/mol. The van der Waals surface area contributed by atoms with E-state index < -0.39 is 0 Å². The molecule has 0 aliphatic carbocycles. The summed E-state index contributed by atoms with van der Waals surface area (Å²) in [5, 5.41) is 14.3. The summed E-state index contributed by atoms with van der Waals surface area (Å²) in [6, 6.07) is 0. The third kappa shape index (κ3) is 2.62. The molecule has 0 bridgehead atoms. The predicted molar refractivity (Wildman–Crippen MR) is 30.3 cm³/mol. The van der Waals surface area contributed by atoms with Gasteiger partial charge >= 0.3 is 0 Å². The molecule has 5 nitrogen and oxygen atoms in total. The molecule has 10 heavy (non-hydrogen) atoms. The number of aryl methyl sites for hydroxylation is 1. The maximum atomic E-state index is 3.60. The maximum absolute atomic E-state index is 3.60. The molecule has 0 fully saturated rings. The number of azo groups is 1. The second-order valence-corrected chi connectivity index (χ2v) is 1.45. The topological polar surface area (TPSA) is 55.4 Å². The molecule has 1 radical (unpaired) electrons. The van der Waals surface area contributed by atoms with Gasteiger partial charge in [-0.3, -0.25) is 0 Å². The molecular weight excluding hydrogens is 207 g/mol. The molecule has 0 aromatic carbocycles. The van der Waals surface area contributed by atoms with Crippen LogP contribution in [0.25, 0.3) is 0 Å². The van der Waals surface area contributed by atoms with Crippen LogP contribution in [0.3, 0.4) is 0 Å². The van der Waals surface area contributed by atoms with Gasteiger partial charge in [-0.05, 0) is 7.05 Å². The van der Waals surface area contributed by atoms with Crippen LogP contribution in [0.2, 0.25) is 0 Å². The molecule has 0 aliphatic heterocycles. The van der Waals surface area contributed by atoms with Gasteiger partial charge in [-0.25, -0.2) is 0 Å². The average molecular weight is 213 g/mol. The number of rotatable bonds is 1. The molecule has 51 valence electrons. The number of hydrogen-bond donors (Lipinski definition) is 0. The van der Waals surface area contributed by atoms with Crippen LogP contribution in [0, 0.1) is 6.20 Å². The standard InChI is InChI=1S/C4H6N5.Y/c1-5-6-4-3-9(2)8-7-4;/h1-2H3;/q-1;. The van der Waals surface area contributed by atoms with Gasteiger partial charge in [-0.2, -0.15) is 15.3 Å². The van der Waals surface area contributed by atoms with Crippen molar-refractivity contribution in [1.29, 1.82) is 0 Å². The van der Waals surface area contributed by atoms with Gasteiger partial charge in [-0.15, -0.1) is 5.21 Å². The summed E-state index contributed by atoms with van der Waals surface area (Å²) in [7, 11) is 3.30. The summed E-state index contributed by atoms with van der Waals surface area (Å²) in [4.78, 5) is 0. The normalized spacial score (nSPS) is 9.80. The van der Waals surface area contributed by atoms with Crippen molar-refractivity contribution in [2.75, 3.05) is 7.05 Å². The van der Waals surface area contributed by atoms with E-state index in [4.69, 9.17) is 0 Å². The quantitative estimate of drug-likeness (QED) is 0.498. The SMILES string of the molecule is CN=Nc1[c-]n(C)nn1.[Y]. The van der Waals surface area contributed by atoms with E-state index in [2.05, 4.69) is 26.7 Å². The molecule has 6 heteroatoms. The number of hydrogen-bond acceptors (Lipinski definition) is 4. The van der Waals surface area contributed by atoms with E-state index in [0.29, 0.717) is 5.82 Å². The molecule has 0 amide bonds. The molecule has 0 saturated carbocycles. The molecule has 0 atom stereocenters. The first kappa shape index (κ1) is 9.84. The van der Waals surface area contributed by atoms with Gasteiger partial charge in [-0.1, -0.05) is 0 Å². The zero-order valence-corrected chi connectivity index (χ0v) is 8.65. The number of nitrogens with zero attached hydrogens (tertiary/aromatic N) is 5. The summed E-state index contributed by atoms with van der Waals surface area (Å²) >= 11 is 0. The summed E-state index contributed by atoms with van der Waals surface area (Å²) in [6.45, 7) is 0. The van der Waals surface area contributed by atoms with E-state index in [0.717, 1.165) is 0 Å². The van der Waals surface area contributed by atoms with E-state index in [-0.39, 0.29) is 32.7 Å². The second kappa shape index (κ2) is 4.63. The van der Waals surface area contributed by atoms with Gasteiger partial charge in [0.25, 0.3) is 0 Å². The van der Waals surface area contributed by atoms with Crippen molar-refractivity contribution in [2.45, 2.75) is 0 Å². The van der Waals surface area contributed by atoms with Gasteiger partial charge in [0.05, 0.1) is 0 Å². The molecule has 0 N–H and O–H groups in total. The van der Waals surface area contributed by atoms with Crippen molar-refractivity contribution in [2.24, 2.45) is 17.3 Å². The van der Waals surface area contributed by atoms with Gasteiger partial charge < -0.3 is 10.9 Å². The van der Waals surface area contributed by atoms with Crippen LogP contribution >= 0.6 is 0 Å². The van der Waals surface area contributed by atoms with Crippen molar-refractivity contribution in [3.05, 3.63) is 6.20 Å². The Kier molecular flexibility index (Phi) is 4.56. The molecule has 0 aliphatic rings. The van der Waals surface area contributed by atoms with Gasteiger partial charge in [0, 0.05) is 45.6 Å². The van der Waals surface area contributed by atoms with Crippen molar-refractivity contribution in [3.63, 3.8) is 0 Å². The van der Waals surface area contributed by atoms with E-state index >= 15 is 0 Å². The van der Waals surface area contributed by atoms with Crippen LogP contribution in [0.5, 0.6) is 0 Å².